The number of likely N-dealkylation sites (N-methyl/N-ethyl adjacent to an activating group) is 1. The molecule has 1 N–H and O–H groups in total. The van der Waals surface area contributed by atoms with Crippen LogP contribution >= 0.6 is 15.9 Å². The van der Waals surface area contributed by atoms with E-state index in [1.165, 1.54) is 12.3 Å². The summed E-state index contributed by atoms with van der Waals surface area (Å²) in [5, 5.41) is 3.36. The van der Waals surface area contributed by atoms with E-state index in [4.69, 9.17) is 0 Å². The lowest BCUT2D eigenvalue weighted by Gasteiger charge is -2.17. The third-order valence-electron chi connectivity index (χ3n) is 2.76. The predicted octanol–water partition coefficient (Wildman–Crippen LogP) is 3.27. The van der Waals surface area contributed by atoms with Crippen LogP contribution in [-0.2, 0) is 6.42 Å². The second kappa shape index (κ2) is 6.73. The number of rotatable bonds is 5. The van der Waals surface area contributed by atoms with E-state index in [1.54, 1.807) is 12.3 Å². The number of nitrogens with one attached hydrogen (secondary N) is 1. The zero-order valence-electron chi connectivity index (χ0n) is 10.6. The van der Waals surface area contributed by atoms with Crippen LogP contribution in [0.25, 0.3) is 0 Å². The van der Waals surface area contributed by atoms with Gasteiger partial charge in [-0.15, -0.1) is 0 Å². The maximum absolute atomic E-state index is 12.9. The summed E-state index contributed by atoms with van der Waals surface area (Å²) in [6, 6.07) is 5.24. The highest BCUT2D eigenvalue weighted by atomic mass is 79.9. The van der Waals surface area contributed by atoms with Gasteiger partial charge in [-0.3, -0.25) is 9.97 Å². The van der Waals surface area contributed by atoms with E-state index in [-0.39, 0.29) is 11.9 Å². The summed E-state index contributed by atoms with van der Waals surface area (Å²) in [5.41, 5.74) is 1.94. The number of nitrogens with zero attached hydrogens (tertiary/aromatic N) is 2. The van der Waals surface area contributed by atoms with Crippen LogP contribution in [0.2, 0.25) is 0 Å². The molecule has 2 heterocycles. The van der Waals surface area contributed by atoms with Crippen LogP contribution in [0, 0.1) is 5.82 Å². The van der Waals surface area contributed by atoms with Crippen LogP contribution in [0.4, 0.5) is 4.39 Å². The molecule has 0 aliphatic rings. The van der Waals surface area contributed by atoms with E-state index in [1.807, 2.05) is 19.2 Å². The van der Waals surface area contributed by atoms with Crippen molar-refractivity contribution < 1.29 is 4.39 Å². The molecule has 0 radical (unpaired) electrons. The van der Waals surface area contributed by atoms with Crippen molar-refractivity contribution in [3.8, 4) is 0 Å². The Morgan fingerprint density at radius 1 is 1.32 bits per heavy atom. The lowest BCUT2D eigenvalue weighted by molar-refractivity contribution is 0.531. The van der Waals surface area contributed by atoms with Crippen molar-refractivity contribution in [2.75, 3.05) is 6.54 Å². The highest BCUT2D eigenvalue weighted by molar-refractivity contribution is 9.10. The van der Waals surface area contributed by atoms with Gasteiger partial charge in [-0.2, -0.15) is 0 Å². The minimum Gasteiger partial charge on any atom is -0.309 e. The van der Waals surface area contributed by atoms with Gasteiger partial charge in [-0.1, -0.05) is 6.92 Å². The number of pyridine rings is 2. The third kappa shape index (κ3) is 4.08. The second-order valence-electron chi connectivity index (χ2n) is 4.23. The monoisotopic (exact) mass is 323 g/mol. The van der Waals surface area contributed by atoms with Crippen molar-refractivity contribution in [2.24, 2.45) is 0 Å². The highest BCUT2D eigenvalue weighted by Gasteiger charge is 2.13. The third-order valence-corrected chi connectivity index (χ3v) is 3.19. The average Bonchev–Trinajstić information content (AvgIpc) is 2.39. The minimum absolute atomic E-state index is 0.0571. The summed E-state index contributed by atoms with van der Waals surface area (Å²) >= 11 is 3.41. The maximum atomic E-state index is 12.9. The molecule has 0 aliphatic heterocycles. The van der Waals surface area contributed by atoms with Gasteiger partial charge < -0.3 is 5.32 Å². The first-order valence-corrected chi connectivity index (χ1v) is 6.92. The summed E-state index contributed by atoms with van der Waals surface area (Å²) in [5.74, 6) is -0.317. The molecule has 0 fully saturated rings. The molecule has 0 saturated heterocycles. The Morgan fingerprint density at radius 3 is 2.79 bits per heavy atom. The Hall–Kier alpha value is -1.33. The van der Waals surface area contributed by atoms with Crippen LogP contribution in [0.5, 0.6) is 0 Å². The molecular weight excluding hydrogens is 309 g/mol. The number of hydrogen-bond acceptors (Lipinski definition) is 3. The molecule has 0 aliphatic carbocycles. The quantitative estimate of drug-likeness (QED) is 0.917. The van der Waals surface area contributed by atoms with Gasteiger partial charge in [-0.25, -0.2) is 4.39 Å². The van der Waals surface area contributed by atoms with Gasteiger partial charge in [0.25, 0.3) is 0 Å². The Kier molecular flexibility index (Phi) is 4.99. The fourth-order valence-corrected chi connectivity index (χ4v) is 2.34. The molecule has 2 aromatic rings. The predicted molar refractivity (Wildman–Crippen MR) is 76.3 cm³/mol. The Bertz CT molecular complexity index is 530. The van der Waals surface area contributed by atoms with E-state index in [0.717, 1.165) is 28.7 Å². The Labute approximate surface area is 120 Å². The molecule has 0 bridgehead atoms. The molecule has 0 aromatic carbocycles. The van der Waals surface area contributed by atoms with Crippen molar-refractivity contribution in [3.05, 3.63) is 58.3 Å². The summed E-state index contributed by atoms with van der Waals surface area (Å²) in [6.45, 7) is 2.86. The van der Waals surface area contributed by atoms with Gasteiger partial charge in [0.15, 0.2) is 0 Å². The number of halogens is 2. The molecule has 2 rings (SSSR count). The fourth-order valence-electron chi connectivity index (χ4n) is 1.92. The Morgan fingerprint density at radius 2 is 2.16 bits per heavy atom. The Balaban J connectivity index is 2.18. The molecule has 5 heteroatoms. The van der Waals surface area contributed by atoms with Crippen LogP contribution in [0.3, 0.4) is 0 Å². The first-order chi connectivity index (χ1) is 9.19. The molecule has 0 saturated carbocycles. The zero-order chi connectivity index (χ0) is 13.7. The van der Waals surface area contributed by atoms with E-state index in [9.17, 15) is 4.39 Å². The van der Waals surface area contributed by atoms with Crippen molar-refractivity contribution in [2.45, 2.75) is 19.4 Å². The maximum Gasteiger partial charge on any atom is 0.141 e. The topological polar surface area (TPSA) is 37.8 Å². The summed E-state index contributed by atoms with van der Waals surface area (Å²) in [6.07, 6.45) is 5.60. The molecule has 2 aromatic heterocycles. The molecule has 100 valence electrons. The van der Waals surface area contributed by atoms with Crippen LogP contribution in [-0.4, -0.2) is 16.5 Å². The number of aromatic nitrogens is 2. The molecule has 19 heavy (non-hydrogen) atoms. The SMILES string of the molecule is CCNC(Cc1cncc(Br)c1)c1ccc(F)cn1. The normalized spacial score (nSPS) is 12.4. The summed E-state index contributed by atoms with van der Waals surface area (Å²) in [7, 11) is 0. The summed E-state index contributed by atoms with van der Waals surface area (Å²) < 4.78 is 13.9. The average molecular weight is 324 g/mol. The van der Waals surface area contributed by atoms with Gasteiger partial charge in [-0.05, 0) is 52.7 Å². The van der Waals surface area contributed by atoms with Crippen LogP contribution < -0.4 is 5.32 Å². The van der Waals surface area contributed by atoms with Crippen molar-refractivity contribution in [1.82, 2.24) is 15.3 Å². The highest BCUT2D eigenvalue weighted by Crippen LogP contribution is 2.18. The van der Waals surface area contributed by atoms with Crippen molar-refractivity contribution in [3.63, 3.8) is 0 Å². The molecule has 1 atom stereocenters. The zero-order valence-corrected chi connectivity index (χ0v) is 12.2. The first kappa shape index (κ1) is 14.1. The van der Waals surface area contributed by atoms with Gasteiger partial charge in [0.1, 0.15) is 5.82 Å². The van der Waals surface area contributed by atoms with Crippen LogP contribution in [0.1, 0.15) is 24.2 Å². The fraction of sp³-hybridized carbons (Fsp3) is 0.286. The smallest absolute Gasteiger partial charge is 0.141 e. The minimum atomic E-state index is -0.317. The van der Waals surface area contributed by atoms with Gasteiger partial charge >= 0.3 is 0 Å². The lowest BCUT2D eigenvalue weighted by atomic mass is 10.0. The lowest BCUT2D eigenvalue weighted by Crippen LogP contribution is -2.24. The van der Waals surface area contributed by atoms with Crippen molar-refractivity contribution in [1.29, 1.82) is 0 Å². The largest absolute Gasteiger partial charge is 0.309 e. The summed E-state index contributed by atoms with van der Waals surface area (Å²) in [4.78, 5) is 8.30. The van der Waals surface area contributed by atoms with Gasteiger partial charge in [0.2, 0.25) is 0 Å². The standard InChI is InChI=1S/C14H15BrFN3/c1-2-18-14(13-4-3-12(16)9-19-13)6-10-5-11(15)8-17-7-10/h3-5,7-9,14,18H,2,6H2,1H3. The molecule has 0 spiro atoms. The molecule has 1 unspecified atom stereocenters. The second-order valence-corrected chi connectivity index (χ2v) is 5.14. The van der Waals surface area contributed by atoms with E-state index >= 15 is 0 Å². The van der Waals surface area contributed by atoms with Gasteiger partial charge in [0, 0.05) is 16.9 Å². The first-order valence-electron chi connectivity index (χ1n) is 6.13. The molecule has 0 amide bonds. The molecular formula is C14H15BrFN3. The molecule has 3 nitrogen and oxygen atoms in total. The van der Waals surface area contributed by atoms with E-state index in [2.05, 4.69) is 31.2 Å². The van der Waals surface area contributed by atoms with Crippen LogP contribution in [0.15, 0.2) is 41.3 Å². The van der Waals surface area contributed by atoms with Crippen molar-refractivity contribution >= 4 is 15.9 Å². The van der Waals surface area contributed by atoms with Gasteiger partial charge in [0.05, 0.1) is 17.9 Å². The van der Waals surface area contributed by atoms with E-state index < -0.39 is 0 Å². The number of hydrogen-bond donors (Lipinski definition) is 1. The van der Waals surface area contributed by atoms with E-state index in [0.29, 0.717) is 0 Å².